The molecule has 1 N–H and O–H groups in total. The van der Waals surface area contributed by atoms with Gasteiger partial charge in [-0.05, 0) is 68.8 Å². The number of nitrogens with zero attached hydrogens (tertiary/aromatic N) is 2. The van der Waals surface area contributed by atoms with Crippen molar-refractivity contribution >= 4 is 21.8 Å². The zero-order chi connectivity index (χ0) is 21.2. The van der Waals surface area contributed by atoms with Crippen LogP contribution in [0, 0.1) is 12.7 Å². The number of hydrogen-bond acceptors (Lipinski definition) is 4. The van der Waals surface area contributed by atoms with Crippen LogP contribution < -0.4 is 14.8 Å². The lowest BCUT2D eigenvalue weighted by molar-refractivity contribution is 0.0925. The average molecular weight is 420 g/mol. The molecule has 1 aliphatic rings. The molecule has 1 aliphatic heterocycles. The largest absolute Gasteiger partial charge is 0.486 e. The van der Waals surface area contributed by atoms with E-state index in [0.29, 0.717) is 12.0 Å². The summed E-state index contributed by atoms with van der Waals surface area (Å²) >= 11 is 0. The summed E-state index contributed by atoms with van der Waals surface area (Å²) in [4.78, 5) is 4.58. The minimum atomic E-state index is -0.159. The van der Waals surface area contributed by atoms with Crippen molar-refractivity contribution in [3.63, 3.8) is 0 Å². The number of halogens is 1. The van der Waals surface area contributed by atoms with Gasteiger partial charge in [0.25, 0.3) is 0 Å². The summed E-state index contributed by atoms with van der Waals surface area (Å²) in [6.07, 6.45) is 3.99. The average Bonchev–Trinajstić information content (AvgIpc) is 3.20. The first-order valence-electron chi connectivity index (χ1n) is 10.8. The summed E-state index contributed by atoms with van der Waals surface area (Å²) in [7, 11) is 0. The zero-order valence-electron chi connectivity index (χ0n) is 17.6. The molecule has 0 spiro atoms. The van der Waals surface area contributed by atoms with E-state index in [9.17, 15) is 4.39 Å². The van der Waals surface area contributed by atoms with Gasteiger partial charge in [0, 0.05) is 35.8 Å². The molecule has 3 heterocycles. The zero-order valence-corrected chi connectivity index (χ0v) is 17.6. The number of aromatic nitrogens is 2. The molecule has 5 nitrogen and oxygen atoms in total. The molecule has 160 valence electrons. The molecule has 31 heavy (non-hydrogen) atoms. The number of hydrogen-bond donors (Lipinski definition) is 1. The van der Waals surface area contributed by atoms with Crippen LogP contribution in [-0.4, -0.2) is 35.4 Å². The molecule has 0 saturated carbocycles. The van der Waals surface area contributed by atoms with Crippen molar-refractivity contribution in [3.8, 4) is 11.5 Å². The van der Waals surface area contributed by atoms with Crippen molar-refractivity contribution < 1.29 is 13.9 Å². The van der Waals surface area contributed by atoms with Gasteiger partial charge >= 0.3 is 0 Å². The number of benzene rings is 2. The third-order valence-corrected chi connectivity index (χ3v) is 5.77. The van der Waals surface area contributed by atoms with Gasteiger partial charge in [0.2, 0.25) is 0 Å². The SMILES string of the molecule is Cc1ccc2c3c(ccc2n1)OCC(CNCCCCn1ccc2c(F)cccc21)O3. The van der Waals surface area contributed by atoms with Crippen LogP contribution in [0.25, 0.3) is 21.8 Å². The molecular formula is C25H26FN3O2. The van der Waals surface area contributed by atoms with Crippen LogP contribution in [-0.2, 0) is 6.54 Å². The Labute approximate surface area is 180 Å². The highest BCUT2D eigenvalue weighted by atomic mass is 19.1. The molecule has 0 fully saturated rings. The standard InChI is InChI=1S/C25H26FN3O2/c1-17-7-8-20-22(28-17)9-10-24-25(20)31-18(16-30-24)15-27-12-2-3-13-29-14-11-19-21(26)5-4-6-23(19)29/h4-11,14,18,27H,2-3,12-13,15-16H2,1H3. The second kappa shape index (κ2) is 8.55. The number of unbranched alkanes of at least 4 members (excludes halogenated alkanes) is 1. The van der Waals surface area contributed by atoms with Gasteiger partial charge in [-0.2, -0.15) is 0 Å². The minimum Gasteiger partial charge on any atom is -0.486 e. The molecule has 0 radical (unpaired) electrons. The summed E-state index contributed by atoms with van der Waals surface area (Å²) in [5.41, 5.74) is 2.87. The van der Waals surface area contributed by atoms with E-state index in [1.54, 1.807) is 6.07 Å². The summed E-state index contributed by atoms with van der Waals surface area (Å²) in [5.74, 6) is 1.41. The van der Waals surface area contributed by atoms with Crippen LogP contribution in [0.3, 0.4) is 0 Å². The molecule has 1 unspecified atom stereocenters. The van der Waals surface area contributed by atoms with Crippen LogP contribution in [0.4, 0.5) is 4.39 Å². The maximum atomic E-state index is 13.8. The summed E-state index contributed by atoms with van der Waals surface area (Å²) in [6, 6.07) is 15.0. The monoisotopic (exact) mass is 419 g/mol. The van der Waals surface area contributed by atoms with Crippen molar-refractivity contribution in [2.75, 3.05) is 19.7 Å². The molecule has 6 heteroatoms. The Balaban J connectivity index is 1.11. The quantitative estimate of drug-likeness (QED) is 0.435. The lowest BCUT2D eigenvalue weighted by atomic mass is 10.1. The van der Waals surface area contributed by atoms with Crippen molar-refractivity contribution in [3.05, 3.63) is 66.2 Å². The van der Waals surface area contributed by atoms with E-state index in [-0.39, 0.29) is 11.9 Å². The van der Waals surface area contributed by atoms with Crippen molar-refractivity contribution in [2.45, 2.75) is 32.4 Å². The van der Waals surface area contributed by atoms with Crippen LogP contribution in [0.5, 0.6) is 11.5 Å². The molecule has 5 rings (SSSR count). The topological polar surface area (TPSA) is 48.3 Å². The fraction of sp³-hybridized carbons (Fsp3) is 0.320. The number of fused-ring (bicyclic) bond motifs is 4. The van der Waals surface area contributed by atoms with Crippen LogP contribution in [0.15, 0.2) is 54.7 Å². The number of rotatable bonds is 7. The van der Waals surface area contributed by atoms with E-state index in [1.165, 1.54) is 6.07 Å². The normalized spacial score (nSPS) is 15.6. The second-order valence-corrected chi connectivity index (χ2v) is 8.06. The molecule has 0 aliphatic carbocycles. The van der Waals surface area contributed by atoms with E-state index in [4.69, 9.17) is 9.47 Å². The molecule has 4 aromatic rings. The lowest BCUT2D eigenvalue weighted by Gasteiger charge is -2.27. The first-order chi connectivity index (χ1) is 15.2. The number of aryl methyl sites for hydroxylation is 2. The van der Waals surface area contributed by atoms with E-state index in [2.05, 4.69) is 14.9 Å². The smallest absolute Gasteiger partial charge is 0.171 e. The van der Waals surface area contributed by atoms with Gasteiger partial charge in [-0.25, -0.2) is 4.39 Å². The molecule has 2 aromatic carbocycles. The van der Waals surface area contributed by atoms with E-state index in [0.717, 1.165) is 66.1 Å². The maximum Gasteiger partial charge on any atom is 0.171 e. The van der Waals surface area contributed by atoms with Crippen molar-refractivity contribution in [2.24, 2.45) is 0 Å². The van der Waals surface area contributed by atoms with Crippen molar-refractivity contribution in [1.29, 1.82) is 0 Å². The second-order valence-electron chi connectivity index (χ2n) is 8.06. The van der Waals surface area contributed by atoms with Gasteiger partial charge in [-0.15, -0.1) is 0 Å². The Hall–Kier alpha value is -3.12. The highest BCUT2D eigenvalue weighted by molar-refractivity contribution is 5.88. The number of pyridine rings is 1. The Kier molecular flexibility index (Phi) is 5.47. The minimum absolute atomic E-state index is 0.0317. The third-order valence-electron chi connectivity index (χ3n) is 5.77. The Bertz CT molecular complexity index is 1220. The molecule has 0 amide bonds. The Morgan fingerprint density at radius 3 is 2.97 bits per heavy atom. The predicted octanol–water partition coefficient (Wildman–Crippen LogP) is 4.85. The highest BCUT2D eigenvalue weighted by Crippen LogP contribution is 2.38. The van der Waals surface area contributed by atoms with Gasteiger partial charge in [-0.3, -0.25) is 4.98 Å². The Morgan fingerprint density at radius 1 is 1.10 bits per heavy atom. The third kappa shape index (κ3) is 4.08. The molecule has 0 bridgehead atoms. The van der Waals surface area contributed by atoms with Gasteiger partial charge in [0.1, 0.15) is 18.5 Å². The van der Waals surface area contributed by atoms with E-state index >= 15 is 0 Å². The van der Waals surface area contributed by atoms with Crippen LogP contribution in [0.2, 0.25) is 0 Å². The number of ether oxygens (including phenoxy) is 2. The molecule has 0 saturated heterocycles. The van der Waals surface area contributed by atoms with Gasteiger partial charge in [-0.1, -0.05) is 6.07 Å². The first kappa shape index (κ1) is 19.8. The van der Waals surface area contributed by atoms with Crippen LogP contribution in [0.1, 0.15) is 18.5 Å². The van der Waals surface area contributed by atoms with Gasteiger partial charge < -0.3 is 19.4 Å². The van der Waals surface area contributed by atoms with Crippen LogP contribution >= 0.6 is 0 Å². The summed E-state index contributed by atoms with van der Waals surface area (Å²) in [5, 5.41) is 5.16. The fourth-order valence-electron chi connectivity index (χ4n) is 4.15. The first-order valence-corrected chi connectivity index (χ1v) is 10.8. The number of nitrogens with one attached hydrogen (secondary N) is 1. The van der Waals surface area contributed by atoms with Gasteiger partial charge in [0.05, 0.1) is 11.0 Å². The molecule has 1 atom stereocenters. The molecule has 2 aromatic heterocycles. The van der Waals surface area contributed by atoms with Crippen molar-refractivity contribution in [1.82, 2.24) is 14.9 Å². The van der Waals surface area contributed by atoms with E-state index < -0.39 is 0 Å². The van der Waals surface area contributed by atoms with E-state index in [1.807, 2.05) is 49.5 Å². The fourth-order valence-corrected chi connectivity index (χ4v) is 4.15. The summed E-state index contributed by atoms with van der Waals surface area (Å²) < 4.78 is 28.1. The predicted molar refractivity (Wildman–Crippen MR) is 120 cm³/mol. The maximum absolute atomic E-state index is 13.8. The van der Waals surface area contributed by atoms with Gasteiger partial charge in [0.15, 0.2) is 11.5 Å². The Morgan fingerprint density at radius 2 is 2.03 bits per heavy atom. The highest BCUT2D eigenvalue weighted by Gasteiger charge is 2.23. The lowest BCUT2D eigenvalue weighted by Crippen LogP contribution is -2.38. The molecular weight excluding hydrogens is 393 g/mol. The summed E-state index contributed by atoms with van der Waals surface area (Å²) in [6.45, 7) is 5.03.